The molecule has 0 spiro atoms. The smallest absolute Gasteiger partial charge is 0.253 e. The van der Waals surface area contributed by atoms with Crippen LogP contribution < -0.4 is 10.6 Å². The molecule has 3 rings (SSSR count). The van der Waals surface area contributed by atoms with Crippen LogP contribution in [0.15, 0.2) is 48.7 Å². The van der Waals surface area contributed by atoms with E-state index in [0.29, 0.717) is 5.69 Å². The molecule has 2 amide bonds. The highest BCUT2D eigenvalue weighted by Crippen LogP contribution is 2.25. The Morgan fingerprint density at radius 1 is 1.15 bits per heavy atom. The molecule has 27 heavy (non-hydrogen) atoms. The summed E-state index contributed by atoms with van der Waals surface area (Å²) in [7, 11) is 0. The van der Waals surface area contributed by atoms with Gasteiger partial charge in [0.15, 0.2) is 0 Å². The van der Waals surface area contributed by atoms with Crippen LogP contribution in [0.2, 0.25) is 10.0 Å². The van der Waals surface area contributed by atoms with E-state index < -0.39 is 11.9 Å². The van der Waals surface area contributed by atoms with Crippen molar-refractivity contribution < 1.29 is 9.59 Å². The van der Waals surface area contributed by atoms with Gasteiger partial charge in [-0.05, 0) is 50.2 Å². The summed E-state index contributed by atoms with van der Waals surface area (Å²) in [5, 5.41) is 6.95. The minimum Gasteiger partial charge on any atom is -0.348 e. The van der Waals surface area contributed by atoms with Crippen LogP contribution >= 0.6 is 23.2 Å². The van der Waals surface area contributed by atoms with E-state index in [9.17, 15) is 9.59 Å². The van der Waals surface area contributed by atoms with Crippen LogP contribution in [0.3, 0.4) is 0 Å². The minimum absolute atomic E-state index is 0.162. The van der Waals surface area contributed by atoms with E-state index in [-0.39, 0.29) is 21.5 Å². The molecule has 0 fully saturated rings. The Balaban J connectivity index is 1.68. The molecule has 0 radical (unpaired) electrons. The summed E-state index contributed by atoms with van der Waals surface area (Å²) in [6, 6.07) is 11.7. The highest BCUT2D eigenvalue weighted by atomic mass is 35.5. The lowest BCUT2D eigenvalue weighted by atomic mass is 10.2. The van der Waals surface area contributed by atoms with Crippen LogP contribution in [-0.4, -0.2) is 22.4 Å². The van der Waals surface area contributed by atoms with Crippen LogP contribution in [0.4, 0.5) is 5.69 Å². The molecule has 140 valence electrons. The molecule has 7 heteroatoms. The Hall–Kier alpha value is -2.50. The number of nitrogens with one attached hydrogen (secondary N) is 2. The number of anilines is 1. The summed E-state index contributed by atoms with van der Waals surface area (Å²) in [5.41, 5.74) is 2.00. The molecule has 0 saturated heterocycles. The summed E-state index contributed by atoms with van der Waals surface area (Å²) in [5.74, 6) is -0.781. The van der Waals surface area contributed by atoms with Gasteiger partial charge in [0.05, 0.1) is 15.6 Å². The zero-order chi connectivity index (χ0) is 19.6. The summed E-state index contributed by atoms with van der Waals surface area (Å²) >= 11 is 12.0. The maximum Gasteiger partial charge on any atom is 0.253 e. The fourth-order valence-corrected chi connectivity index (χ4v) is 3.21. The normalized spacial score (nSPS) is 12.0. The van der Waals surface area contributed by atoms with Crippen molar-refractivity contribution in [1.29, 1.82) is 0 Å². The van der Waals surface area contributed by atoms with Gasteiger partial charge in [-0.3, -0.25) is 9.59 Å². The topological polar surface area (TPSA) is 63.1 Å². The zero-order valence-electron chi connectivity index (χ0n) is 14.9. The van der Waals surface area contributed by atoms with Crippen molar-refractivity contribution in [2.45, 2.75) is 26.4 Å². The highest BCUT2D eigenvalue weighted by Gasteiger charge is 2.19. The number of aryl methyl sites for hydroxylation is 1. The molecule has 3 aromatic rings. The standard InChI is InChI=1S/C20H19Cl2N3O2/c1-3-25-10-9-13-11-14(7-8-17(13)25)24-19(26)12(2)23-20(27)15-5-4-6-16(21)18(15)22/h4-12H,3H2,1-2H3,(H,23,27)(H,24,26). The van der Waals surface area contributed by atoms with E-state index in [2.05, 4.69) is 22.1 Å². The predicted molar refractivity (Wildman–Crippen MR) is 110 cm³/mol. The number of benzene rings is 2. The molecule has 1 unspecified atom stereocenters. The summed E-state index contributed by atoms with van der Waals surface area (Å²) < 4.78 is 2.12. The van der Waals surface area contributed by atoms with Gasteiger partial charge in [-0.15, -0.1) is 0 Å². The van der Waals surface area contributed by atoms with Crippen LogP contribution in [-0.2, 0) is 11.3 Å². The molecule has 0 aliphatic heterocycles. The molecule has 0 aliphatic carbocycles. The lowest BCUT2D eigenvalue weighted by molar-refractivity contribution is -0.117. The molecular weight excluding hydrogens is 385 g/mol. The van der Waals surface area contributed by atoms with E-state index in [1.165, 1.54) is 0 Å². The largest absolute Gasteiger partial charge is 0.348 e. The van der Waals surface area contributed by atoms with E-state index in [1.807, 2.05) is 30.5 Å². The molecule has 5 nitrogen and oxygen atoms in total. The molecule has 1 aromatic heterocycles. The summed E-state index contributed by atoms with van der Waals surface area (Å²) in [6.07, 6.45) is 2.01. The van der Waals surface area contributed by atoms with Crippen molar-refractivity contribution in [1.82, 2.24) is 9.88 Å². The van der Waals surface area contributed by atoms with Crippen molar-refractivity contribution in [3.63, 3.8) is 0 Å². The number of hydrogen-bond donors (Lipinski definition) is 2. The molecular formula is C20H19Cl2N3O2. The Kier molecular flexibility index (Phi) is 5.73. The number of rotatable bonds is 5. The van der Waals surface area contributed by atoms with E-state index in [4.69, 9.17) is 23.2 Å². The number of carbonyl (C=O) groups excluding carboxylic acids is 2. The van der Waals surface area contributed by atoms with Crippen molar-refractivity contribution in [3.05, 3.63) is 64.3 Å². The monoisotopic (exact) mass is 403 g/mol. The molecule has 0 bridgehead atoms. The van der Waals surface area contributed by atoms with Crippen LogP contribution in [0.5, 0.6) is 0 Å². The highest BCUT2D eigenvalue weighted by molar-refractivity contribution is 6.43. The first-order valence-corrected chi connectivity index (χ1v) is 9.31. The third kappa shape index (κ3) is 4.10. The molecule has 2 N–H and O–H groups in total. The molecule has 1 atom stereocenters. The van der Waals surface area contributed by atoms with Crippen molar-refractivity contribution in [3.8, 4) is 0 Å². The van der Waals surface area contributed by atoms with E-state index in [0.717, 1.165) is 17.4 Å². The number of fused-ring (bicyclic) bond motifs is 1. The predicted octanol–water partition coefficient (Wildman–Crippen LogP) is 4.73. The molecule has 0 aliphatic rings. The Bertz CT molecular complexity index is 1010. The second kappa shape index (κ2) is 8.03. The van der Waals surface area contributed by atoms with Crippen molar-refractivity contribution in [2.75, 3.05) is 5.32 Å². The average molecular weight is 404 g/mol. The van der Waals surface area contributed by atoms with Crippen LogP contribution in [0.25, 0.3) is 10.9 Å². The first-order valence-electron chi connectivity index (χ1n) is 8.55. The maximum atomic E-state index is 12.4. The van der Waals surface area contributed by atoms with E-state index >= 15 is 0 Å². The summed E-state index contributed by atoms with van der Waals surface area (Å²) in [4.78, 5) is 24.8. The van der Waals surface area contributed by atoms with Crippen LogP contribution in [0, 0.1) is 0 Å². The van der Waals surface area contributed by atoms with Gasteiger partial charge in [0.1, 0.15) is 6.04 Å². The number of aromatic nitrogens is 1. The fraction of sp³-hybridized carbons (Fsp3) is 0.200. The Labute approximate surface area is 167 Å². The number of amides is 2. The van der Waals surface area contributed by atoms with E-state index in [1.54, 1.807) is 25.1 Å². The third-order valence-electron chi connectivity index (χ3n) is 4.32. The third-order valence-corrected chi connectivity index (χ3v) is 5.14. The lowest BCUT2D eigenvalue weighted by Crippen LogP contribution is -2.41. The van der Waals surface area contributed by atoms with Gasteiger partial charge in [-0.2, -0.15) is 0 Å². The fourth-order valence-electron chi connectivity index (χ4n) is 2.82. The Morgan fingerprint density at radius 3 is 2.67 bits per heavy atom. The lowest BCUT2D eigenvalue weighted by Gasteiger charge is -2.15. The molecule has 0 saturated carbocycles. The summed E-state index contributed by atoms with van der Waals surface area (Å²) in [6.45, 7) is 4.56. The SMILES string of the molecule is CCn1ccc2cc(NC(=O)C(C)NC(=O)c3cccc(Cl)c3Cl)ccc21. The van der Waals surface area contributed by atoms with Gasteiger partial charge in [0.2, 0.25) is 5.91 Å². The average Bonchev–Trinajstić information content (AvgIpc) is 3.06. The van der Waals surface area contributed by atoms with Crippen LogP contribution in [0.1, 0.15) is 24.2 Å². The van der Waals surface area contributed by atoms with Gasteiger partial charge in [-0.1, -0.05) is 29.3 Å². The number of halogens is 2. The van der Waals surface area contributed by atoms with Gasteiger partial charge in [0, 0.05) is 29.3 Å². The molecule has 1 heterocycles. The quantitative estimate of drug-likeness (QED) is 0.646. The van der Waals surface area contributed by atoms with Crippen molar-refractivity contribution in [2.24, 2.45) is 0 Å². The minimum atomic E-state index is -0.747. The number of nitrogens with zero attached hydrogens (tertiary/aromatic N) is 1. The number of hydrogen-bond acceptors (Lipinski definition) is 2. The maximum absolute atomic E-state index is 12.4. The van der Waals surface area contributed by atoms with Crippen molar-refractivity contribution >= 4 is 51.6 Å². The van der Waals surface area contributed by atoms with Gasteiger partial charge < -0.3 is 15.2 Å². The second-order valence-electron chi connectivity index (χ2n) is 6.16. The van der Waals surface area contributed by atoms with Gasteiger partial charge in [0.25, 0.3) is 5.91 Å². The van der Waals surface area contributed by atoms with Gasteiger partial charge >= 0.3 is 0 Å². The molecule has 2 aromatic carbocycles. The first-order chi connectivity index (χ1) is 12.9. The van der Waals surface area contributed by atoms with Gasteiger partial charge in [-0.25, -0.2) is 0 Å². The second-order valence-corrected chi connectivity index (χ2v) is 6.95. The number of carbonyl (C=O) groups is 2. The Morgan fingerprint density at radius 2 is 1.93 bits per heavy atom. The first kappa shape index (κ1) is 19.3. The zero-order valence-corrected chi connectivity index (χ0v) is 16.4.